The van der Waals surface area contributed by atoms with Gasteiger partial charge in [0.2, 0.25) is 0 Å². The minimum absolute atomic E-state index is 0.337. The van der Waals surface area contributed by atoms with Crippen LogP contribution < -0.4 is 14.8 Å². The molecule has 2 aromatic carbocycles. The topological polar surface area (TPSA) is 60.5 Å². The number of alkyl halides is 3. The van der Waals surface area contributed by atoms with Gasteiger partial charge in [-0.2, -0.15) is 0 Å². The molecule has 1 heterocycles. The maximum absolute atomic E-state index is 12.5. The SMILES string of the molecule is COc1ccc2cc(C(=O)Nc3ccc(OC(F)(F)F)cc3)c(C)nc2c1. The third-order valence-corrected chi connectivity index (χ3v) is 3.81. The normalized spacial score (nSPS) is 11.3. The summed E-state index contributed by atoms with van der Waals surface area (Å²) in [5, 5.41) is 3.40. The molecule has 5 nitrogen and oxygen atoms in total. The van der Waals surface area contributed by atoms with Crippen molar-refractivity contribution in [3.05, 3.63) is 59.8 Å². The minimum Gasteiger partial charge on any atom is -0.497 e. The number of aryl methyl sites for hydroxylation is 1. The highest BCUT2D eigenvalue weighted by Gasteiger charge is 2.31. The van der Waals surface area contributed by atoms with Crippen molar-refractivity contribution in [2.75, 3.05) is 12.4 Å². The number of carbonyl (C=O) groups excluding carboxylic acids is 1. The van der Waals surface area contributed by atoms with E-state index in [-0.39, 0.29) is 5.75 Å². The Hall–Kier alpha value is -3.29. The standard InChI is InChI=1S/C19H15F3N2O3/c1-11-16(9-12-3-6-15(26-2)10-17(12)23-11)18(25)24-13-4-7-14(8-5-13)27-19(20,21)22/h3-10H,1-2H3,(H,24,25). The molecule has 140 valence electrons. The Morgan fingerprint density at radius 3 is 2.33 bits per heavy atom. The number of hydrogen-bond acceptors (Lipinski definition) is 4. The highest BCUT2D eigenvalue weighted by molar-refractivity contribution is 6.06. The summed E-state index contributed by atoms with van der Waals surface area (Å²) >= 11 is 0. The second-order valence-corrected chi connectivity index (χ2v) is 5.71. The van der Waals surface area contributed by atoms with Crippen molar-refractivity contribution in [3.63, 3.8) is 0 Å². The summed E-state index contributed by atoms with van der Waals surface area (Å²) in [6.45, 7) is 1.70. The monoisotopic (exact) mass is 376 g/mol. The van der Waals surface area contributed by atoms with Crippen LogP contribution in [-0.4, -0.2) is 24.4 Å². The number of benzene rings is 2. The molecule has 1 N–H and O–H groups in total. The maximum atomic E-state index is 12.5. The molecule has 1 aromatic heterocycles. The molecule has 0 saturated heterocycles. The zero-order chi connectivity index (χ0) is 19.6. The van der Waals surface area contributed by atoms with Crippen molar-refractivity contribution in [1.82, 2.24) is 4.98 Å². The molecule has 3 rings (SSSR count). The van der Waals surface area contributed by atoms with Crippen molar-refractivity contribution in [3.8, 4) is 11.5 Å². The number of aromatic nitrogens is 1. The van der Waals surface area contributed by atoms with Gasteiger partial charge in [0.1, 0.15) is 11.5 Å². The molecule has 0 saturated carbocycles. The van der Waals surface area contributed by atoms with E-state index in [9.17, 15) is 18.0 Å². The van der Waals surface area contributed by atoms with Crippen LogP contribution in [0.15, 0.2) is 48.5 Å². The van der Waals surface area contributed by atoms with Crippen LogP contribution in [0.2, 0.25) is 0 Å². The first-order valence-electron chi connectivity index (χ1n) is 7.88. The zero-order valence-electron chi connectivity index (χ0n) is 14.4. The van der Waals surface area contributed by atoms with E-state index in [0.717, 1.165) is 17.5 Å². The van der Waals surface area contributed by atoms with Gasteiger partial charge in [-0.15, -0.1) is 13.2 Å². The van der Waals surface area contributed by atoms with Crippen LogP contribution in [-0.2, 0) is 0 Å². The Balaban J connectivity index is 1.80. The predicted octanol–water partition coefficient (Wildman–Crippen LogP) is 4.70. The van der Waals surface area contributed by atoms with E-state index in [2.05, 4.69) is 15.0 Å². The molecule has 27 heavy (non-hydrogen) atoms. The molecule has 0 fully saturated rings. The van der Waals surface area contributed by atoms with Crippen LogP contribution in [0.4, 0.5) is 18.9 Å². The quantitative estimate of drug-likeness (QED) is 0.717. The van der Waals surface area contributed by atoms with Crippen LogP contribution in [0.25, 0.3) is 10.9 Å². The number of nitrogens with one attached hydrogen (secondary N) is 1. The lowest BCUT2D eigenvalue weighted by atomic mass is 10.1. The van der Waals surface area contributed by atoms with Crippen molar-refractivity contribution < 1.29 is 27.4 Å². The summed E-state index contributed by atoms with van der Waals surface area (Å²) in [5.41, 5.74) is 1.91. The van der Waals surface area contributed by atoms with Crippen LogP contribution in [0.5, 0.6) is 11.5 Å². The lowest BCUT2D eigenvalue weighted by Gasteiger charge is -2.11. The van der Waals surface area contributed by atoms with E-state index in [0.29, 0.717) is 28.2 Å². The van der Waals surface area contributed by atoms with E-state index in [4.69, 9.17) is 4.74 Å². The highest BCUT2D eigenvalue weighted by Crippen LogP contribution is 2.25. The Morgan fingerprint density at radius 1 is 1.04 bits per heavy atom. The molecule has 8 heteroatoms. The van der Waals surface area contributed by atoms with Gasteiger partial charge in [0.05, 0.1) is 23.9 Å². The number of pyridine rings is 1. The molecule has 0 atom stereocenters. The van der Waals surface area contributed by atoms with E-state index in [1.165, 1.54) is 12.1 Å². The number of halogens is 3. The number of amides is 1. The largest absolute Gasteiger partial charge is 0.573 e. The Labute approximate surface area is 152 Å². The second kappa shape index (κ2) is 7.14. The fraction of sp³-hybridized carbons (Fsp3) is 0.158. The van der Waals surface area contributed by atoms with Gasteiger partial charge in [0.25, 0.3) is 5.91 Å². The van der Waals surface area contributed by atoms with Gasteiger partial charge in [-0.05, 0) is 49.4 Å². The molecule has 0 aliphatic heterocycles. The first-order chi connectivity index (χ1) is 12.7. The summed E-state index contributed by atoms with van der Waals surface area (Å²) in [6, 6.07) is 11.9. The average Bonchev–Trinajstić information content (AvgIpc) is 2.61. The fourth-order valence-corrected chi connectivity index (χ4v) is 2.54. The first kappa shape index (κ1) is 18.5. The number of hydrogen-bond donors (Lipinski definition) is 1. The smallest absolute Gasteiger partial charge is 0.497 e. The van der Waals surface area contributed by atoms with Crippen LogP contribution >= 0.6 is 0 Å². The Bertz CT molecular complexity index is 986. The molecule has 0 unspecified atom stereocenters. The Morgan fingerprint density at radius 2 is 1.70 bits per heavy atom. The van der Waals surface area contributed by atoms with E-state index in [1.54, 1.807) is 38.3 Å². The molecular formula is C19H15F3N2O3. The molecule has 0 radical (unpaired) electrons. The summed E-state index contributed by atoms with van der Waals surface area (Å²) in [7, 11) is 1.56. The van der Waals surface area contributed by atoms with Crippen molar-refractivity contribution in [2.24, 2.45) is 0 Å². The first-order valence-corrected chi connectivity index (χ1v) is 7.88. The van der Waals surface area contributed by atoms with Gasteiger partial charge in [0.15, 0.2) is 0 Å². The van der Waals surface area contributed by atoms with Crippen LogP contribution in [0, 0.1) is 6.92 Å². The summed E-state index contributed by atoms with van der Waals surface area (Å²) < 4.78 is 45.5. The van der Waals surface area contributed by atoms with Crippen molar-refractivity contribution in [2.45, 2.75) is 13.3 Å². The summed E-state index contributed by atoms with van der Waals surface area (Å²) in [6.07, 6.45) is -4.76. The fourth-order valence-electron chi connectivity index (χ4n) is 2.54. The molecule has 0 aliphatic rings. The third-order valence-electron chi connectivity index (χ3n) is 3.81. The van der Waals surface area contributed by atoms with Gasteiger partial charge >= 0.3 is 6.36 Å². The molecule has 0 spiro atoms. The van der Waals surface area contributed by atoms with Crippen molar-refractivity contribution >= 4 is 22.5 Å². The maximum Gasteiger partial charge on any atom is 0.573 e. The number of anilines is 1. The van der Waals surface area contributed by atoms with E-state index in [1.807, 2.05) is 0 Å². The summed E-state index contributed by atoms with van der Waals surface area (Å²) in [5.74, 6) is -0.118. The van der Waals surface area contributed by atoms with Crippen LogP contribution in [0.3, 0.4) is 0 Å². The second-order valence-electron chi connectivity index (χ2n) is 5.71. The Kier molecular flexibility index (Phi) is 4.89. The van der Waals surface area contributed by atoms with Crippen molar-refractivity contribution in [1.29, 1.82) is 0 Å². The predicted molar refractivity (Wildman–Crippen MR) is 94.1 cm³/mol. The van der Waals surface area contributed by atoms with E-state index >= 15 is 0 Å². The molecule has 1 amide bonds. The lowest BCUT2D eigenvalue weighted by molar-refractivity contribution is -0.274. The minimum atomic E-state index is -4.76. The zero-order valence-corrected chi connectivity index (χ0v) is 14.4. The number of carbonyl (C=O) groups is 1. The average molecular weight is 376 g/mol. The molecule has 0 aliphatic carbocycles. The lowest BCUT2D eigenvalue weighted by Crippen LogP contribution is -2.17. The number of nitrogens with zero attached hydrogens (tertiary/aromatic N) is 1. The van der Waals surface area contributed by atoms with Gasteiger partial charge in [-0.1, -0.05) is 0 Å². The number of methoxy groups -OCH3 is 1. The summed E-state index contributed by atoms with van der Waals surface area (Å²) in [4.78, 5) is 16.9. The van der Waals surface area contributed by atoms with Gasteiger partial charge in [0, 0.05) is 17.1 Å². The molecule has 0 bridgehead atoms. The highest BCUT2D eigenvalue weighted by atomic mass is 19.4. The number of ether oxygens (including phenoxy) is 2. The number of fused-ring (bicyclic) bond motifs is 1. The molecular weight excluding hydrogens is 361 g/mol. The van der Waals surface area contributed by atoms with Gasteiger partial charge in [-0.25, -0.2) is 0 Å². The van der Waals surface area contributed by atoms with E-state index < -0.39 is 12.3 Å². The third kappa shape index (κ3) is 4.46. The molecule has 3 aromatic rings. The van der Waals surface area contributed by atoms with Gasteiger partial charge in [-0.3, -0.25) is 9.78 Å². The van der Waals surface area contributed by atoms with Crippen LogP contribution in [0.1, 0.15) is 16.1 Å². The number of rotatable bonds is 4. The van der Waals surface area contributed by atoms with Gasteiger partial charge < -0.3 is 14.8 Å².